The molecule has 0 rings (SSSR count). The van der Waals surface area contributed by atoms with Gasteiger partial charge in [0.25, 0.3) is 0 Å². The predicted octanol–water partition coefficient (Wildman–Crippen LogP) is 2.68. The minimum atomic E-state index is 0.668. The van der Waals surface area contributed by atoms with Crippen LogP contribution < -0.4 is 5.32 Å². The largest absolute Gasteiger partial charge is 0.313 e. The molecule has 0 saturated carbocycles. The molecule has 0 aliphatic carbocycles. The van der Waals surface area contributed by atoms with E-state index in [-0.39, 0.29) is 0 Å². The topological polar surface area (TPSA) is 12.0 Å². The summed E-state index contributed by atoms with van der Waals surface area (Å²) in [5.74, 6) is 1.21. The highest BCUT2D eigenvalue weighted by atomic mass is 32.2. The number of rotatable bonds is 7. The predicted molar refractivity (Wildman–Crippen MR) is 59.9 cm³/mol. The molecule has 0 radical (unpaired) electrons. The van der Waals surface area contributed by atoms with Crippen molar-refractivity contribution in [2.45, 2.75) is 32.7 Å². The van der Waals surface area contributed by atoms with Gasteiger partial charge in [-0.05, 0) is 32.6 Å². The summed E-state index contributed by atoms with van der Waals surface area (Å²) < 4.78 is 0. The quantitative estimate of drug-likeness (QED) is 0.615. The van der Waals surface area contributed by atoms with Crippen LogP contribution in [0.4, 0.5) is 0 Å². The molecular formula is C10H21NS. The molecule has 0 aromatic heterocycles. The van der Waals surface area contributed by atoms with E-state index in [1.165, 1.54) is 17.7 Å². The van der Waals surface area contributed by atoms with Crippen LogP contribution in [0.5, 0.6) is 0 Å². The van der Waals surface area contributed by atoms with Crippen LogP contribution >= 0.6 is 11.8 Å². The number of allylic oxidation sites excluding steroid dienone is 1. The van der Waals surface area contributed by atoms with Gasteiger partial charge in [0.2, 0.25) is 0 Å². The fraction of sp³-hybridized carbons (Fsp3) is 0.800. The highest BCUT2D eigenvalue weighted by molar-refractivity contribution is 7.98. The fourth-order valence-corrected chi connectivity index (χ4v) is 1.84. The number of hydrogen-bond donors (Lipinski definition) is 1. The Bertz CT molecular complexity index is 117. The maximum absolute atomic E-state index is 3.91. The van der Waals surface area contributed by atoms with Crippen molar-refractivity contribution in [1.82, 2.24) is 5.32 Å². The molecule has 1 atom stereocenters. The average Bonchev–Trinajstić information content (AvgIpc) is 2.01. The van der Waals surface area contributed by atoms with Crippen molar-refractivity contribution in [3.63, 3.8) is 0 Å². The number of thioether (sulfide) groups is 1. The summed E-state index contributed by atoms with van der Waals surface area (Å²) in [5, 5.41) is 3.48. The molecule has 0 aromatic rings. The molecule has 0 fully saturated rings. The highest BCUT2D eigenvalue weighted by Crippen LogP contribution is 2.08. The van der Waals surface area contributed by atoms with Gasteiger partial charge in [-0.3, -0.25) is 0 Å². The molecule has 0 saturated heterocycles. The summed E-state index contributed by atoms with van der Waals surface area (Å²) in [6, 6.07) is 0.668. The van der Waals surface area contributed by atoms with Gasteiger partial charge in [0.15, 0.2) is 0 Å². The van der Waals surface area contributed by atoms with Gasteiger partial charge in [-0.2, -0.15) is 11.8 Å². The zero-order valence-corrected chi connectivity index (χ0v) is 9.34. The van der Waals surface area contributed by atoms with Crippen molar-refractivity contribution < 1.29 is 0 Å². The summed E-state index contributed by atoms with van der Waals surface area (Å²) >= 11 is 1.91. The van der Waals surface area contributed by atoms with Gasteiger partial charge in [0, 0.05) is 11.8 Å². The lowest BCUT2D eigenvalue weighted by atomic mass is 10.1. The van der Waals surface area contributed by atoms with Gasteiger partial charge in [-0.15, -0.1) is 6.58 Å². The van der Waals surface area contributed by atoms with E-state index < -0.39 is 0 Å². The Labute approximate surface area is 81.0 Å². The van der Waals surface area contributed by atoms with E-state index in [1.54, 1.807) is 0 Å². The molecule has 1 nitrogen and oxygen atoms in total. The summed E-state index contributed by atoms with van der Waals surface area (Å²) in [6.07, 6.45) is 4.54. The fourth-order valence-electron chi connectivity index (χ4n) is 1.15. The summed E-state index contributed by atoms with van der Waals surface area (Å²) in [4.78, 5) is 0. The Morgan fingerprint density at radius 2 is 2.25 bits per heavy atom. The third-order valence-electron chi connectivity index (χ3n) is 1.78. The maximum Gasteiger partial charge on any atom is 0.0161 e. The van der Waals surface area contributed by atoms with Crippen LogP contribution in [0.2, 0.25) is 0 Å². The van der Waals surface area contributed by atoms with Gasteiger partial charge in [-0.25, -0.2) is 0 Å². The molecule has 12 heavy (non-hydrogen) atoms. The SMILES string of the molecule is C=C(C)CCC(CSC)NCC. The highest BCUT2D eigenvalue weighted by Gasteiger charge is 2.04. The molecule has 2 heteroatoms. The van der Waals surface area contributed by atoms with Crippen molar-refractivity contribution in [3.05, 3.63) is 12.2 Å². The van der Waals surface area contributed by atoms with Crippen LogP contribution in [-0.4, -0.2) is 24.6 Å². The van der Waals surface area contributed by atoms with Gasteiger partial charge < -0.3 is 5.32 Å². The molecule has 1 N–H and O–H groups in total. The van der Waals surface area contributed by atoms with Crippen molar-refractivity contribution in [3.8, 4) is 0 Å². The minimum Gasteiger partial charge on any atom is -0.313 e. The Morgan fingerprint density at radius 3 is 2.67 bits per heavy atom. The first-order valence-corrected chi connectivity index (χ1v) is 5.96. The van der Waals surface area contributed by atoms with Crippen LogP contribution in [0.25, 0.3) is 0 Å². The third kappa shape index (κ3) is 6.74. The standard InChI is InChI=1S/C10H21NS/c1-5-11-10(8-12-4)7-6-9(2)3/h10-11H,2,5-8H2,1,3-4H3. The zero-order chi connectivity index (χ0) is 9.40. The minimum absolute atomic E-state index is 0.668. The molecule has 0 spiro atoms. The number of nitrogens with one attached hydrogen (secondary N) is 1. The maximum atomic E-state index is 3.91. The first-order chi connectivity index (χ1) is 5.70. The van der Waals surface area contributed by atoms with Crippen molar-refractivity contribution in [2.24, 2.45) is 0 Å². The van der Waals surface area contributed by atoms with E-state index in [0.717, 1.165) is 13.0 Å². The second kappa shape index (κ2) is 7.69. The molecule has 72 valence electrons. The lowest BCUT2D eigenvalue weighted by Gasteiger charge is -2.16. The second-order valence-corrected chi connectivity index (χ2v) is 4.12. The van der Waals surface area contributed by atoms with Gasteiger partial charge in [-0.1, -0.05) is 12.5 Å². The molecule has 0 amide bonds. The van der Waals surface area contributed by atoms with E-state index in [9.17, 15) is 0 Å². The third-order valence-corrected chi connectivity index (χ3v) is 2.52. The van der Waals surface area contributed by atoms with E-state index in [1.807, 2.05) is 11.8 Å². The second-order valence-electron chi connectivity index (χ2n) is 3.21. The average molecular weight is 187 g/mol. The first-order valence-electron chi connectivity index (χ1n) is 4.57. The Kier molecular flexibility index (Phi) is 7.72. The van der Waals surface area contributed by atoms with Crippen LogP contribution in [0.3, 0.4) is 0 Å². The monoisotopic (exact) mass is 187 g/mol. The lowest BCUT2D eigenvalue weighted by Crippen LogP contribution is -2.31. The van der Waals surface area contributed by atoms with Crippen LogP contribution in [-0.2, 0) is 0 Å². The van der Waals surface area contributed by atoms with Gasteiger partial charge in [0.1, 0.15) is 0 Å². The smallest absolute Gasteiger partial charge is 0.0161 e. The lowest BCUT2D eigenvalue weighted by molar-refractivity contribution is 0.537. The number of hydrogen-bond acceptors (Lipinski definition) is 2. The van der Waals surface area contributed by atoms with Crippen molar-refractivity contribution >= 4 is 11.8 Å². The van der Waals surface area contributed by atoms with E-state index >= 15 is 0 Å². The van der Waals surface area contributed by atoms with Gasteiger partial charge >= 0.3 is 0 Å². The molecule has 0 bridgehead atoms. The van der Waals surface area contributed by atoms with E-state index in [2.05, 4.69) is 32.0 Å². The summed E-state index contributed by atoms with van der Waals surface area (Å²) in [5.41, 5.74) is 1.29. The molecule has 0 aromatic carbocycles. The van der Waals surface area contributed by atoms with Crippen LogP contribution in [0.1, 0.15) is 26.7 Å². The molecular weight excluding hydrogens is 166 g/mol. The Morgan fingerprint density at radius 1 is 1.58 bits per heavy atom. The van der Waals surface area contributed by atoms with Crippen LogP contribution in [0.15, 0.2) is 12.2 Å². The Hall–Kier alpha value is 0.0500. The molecule has 0 heterocycles. The Balaban J connectivity index is 3.54. The normalized spacial score (nSPS) is 12.9. The zero-order valence-electron chi connectivity index (χ0n) is 8.52. The van der Waals surface area contributed by atoms with Crippen molar-refractivity contribution in [1.29, 1.82) is 0 Å². The van der Waals surface area contributed by atoms with Crippen molar-refractivity contribution in [2.75, 3.05) is 18.6 Å². The molecule has 0 aliphatic heterocycles. The molecule has 1 unspecified atom stereocenters. The van der Waals surface area contributed by atoms with Gasteiger partial charge in [0.05, 0.1) is 0 Å². The molecule has 0 aliphatic rings. The van der Waals surface area contributed by atoms with E-state index in [4.69, 9.17) is 0 Å². The van der Waals surface area contributed by atoms with E-state index in [0.29, 0.717) is 6.04 Å². The summed E-state index contributed by atoms with van der Waals surface area (Å²) in [7, 11) is 0. The first kappa shape index (κ1) is 12.0. The summed E-state index contributed by atoms with van der Waals surface area (Å²) in [6.45, 7) is 9.24. The van der Waals surface area contributed by atoms with Crippen LogP contribution in [0, 0.1) is 0 Å².